The van der Waals surface area contributed by atoms with Crippen LogP contribution in [-0.2, 0) is 14.3 Å². The smallest absolute Gasteiger partial charge is 0.305 e. The molecule has 0 radical (unpaired) electrons. The average Bonchev–Trinajstić information content (AvgIpc) is 2.52. The summed E-state index contributed by atoms with van der Waals surface area (Å²) < 4.78 is 5.20. The Morgan fingerprint density at radius 3 is 2.32 bits per heavy atom. The molecule has 0 saturated carbocycles. The van der Waals surface area contributed by atoms with E-state index in [1.54, 1.807) is 0 Å². The van der Waals surface area contributed by atoms with Gasteiger partial charge in [0.2, 0.25) is 5.91 Å². The third kappa shape index (κ3) is 12.7. The fourth-order valence-corrected chi connectivity index (χ4v) is 2.11. The van der Waals surface area contributed by atoms with Crippen molar-refractivity contribution >= 4 is 11.9 Å². The molecule has 0 saturated heterocycles. The van der Waals surface area contributed by atoms with Crippen molar-refractivity contribution in [3.8, 4) is 0 Å². The summed E-state index contributed by atoms with van der Waals surface area (Å²) in [5.74, 6) is 0.136. The second-order valence-electron chi connectivity index (χ2n) is 6.05. The highest BCUT2D eigenvalue weighted by Gasteiger charge is 2.08. The van der Waals surface area contributed by atoms with E-state index in [0.29, 0.717) is 19.6 Å². The van der Waals surface area contributed by atoms with Crippen molar-refractivity contribution in [3.05, 3.63) is 0 Å². The Bertz CT molecular complexity index is 292. The number of carbonyl (C=O) groups is 2. The first-order chi connectivity index (χ1) is 10.6. The maximum absolute atomic E-state index is 11.5. The lowest BCUT2D eigenvalue weighted by atomic mass is 10.1. The summed E-state index contributed by atoms with van der Waals surface area (Å²) in [6.45, 7) is 7.41. The normalized spacial score (nSPS) is 12.0. The lowest BCUT2D eigenvalue weighted by Crippen LogP contribution is -2.29. The molecule has 0 aromatic carbocycles. The molecule has 0 rings (SSSR count). The summed E-state index contributed by atoms with van der Waals surface area (Å²) in [6, 6.07) is 0. The van der Waals surface area contributed by atoms with Gasteiger partial charge in [0.05, 0.1) is 6.61 Å². The van der Waals surface area contributed by atoms with E-state index < -0.39 is 0 Å². The Balaban J connectivity index is 3.33. The van der Waals surface area contributed by atoms with Crippen molar-refractivity contribution in [2.75, 3.05) is 13.2 Å². The van der Waals surface area contributed by atoms with Gasteiger partial charge in [-0.2, -0.15) is 0 Å². The van der Waals surface area contributed by atoms with Crippen molar-refractivity contribution in [1.29, 1.82) is 0 Å². The van der Waals surface area contributed by atoms with Crippen LogP contribution in [0.4, 0.5) is 0 Å². The topological polar surface area (TPSA) is 55.4 Å². The molecule has 22 heavy (non-hydrogen) atoms. The minimum absolute atomic E-state index is 0.0841. The van der Waals surface area contributed by atoms with Crippen molar-refractivity contribution in [2.45, 2.75) is 85.0 Å². The average molecular weight is 313 g/mol. The molecule has 1 amide bonds. The van der Waals surface area contributed by atoms with Crippen LogP contribution in [0, 0.1) is 5.92 Å². The fraction of sp³-hybridized carbons (Fsp3) is 0.889. The van der Waals surface area contributed by atoms with Crippen LogP contribution >= 0.6 is 0 Å². The van der Waals surface area contributed by atoms with Crippen LogP contribution in [0.2, 0.25) is 0 Å². The number of ether oxygens (including phenoxy) is 1. The summed E-state index contributed by atoms with van der Waals surface area (Å²) in [5.41, 5.74) is 0. The van der Waals surface area contributed by atoms with Gasteiger partial charge in [-0.1, -0.05) is 52.9 Å². The number of nitrogens with one attached hydrogen (secondary N) is 1. The Labute approximate surface area is 136 Å². The minimum atomic E-state index is -0.0841. The standard InChI is InChI=1S/C18H35NO3/c1-4-6-7-8-12-15-22-17(20)13-10-9-11-14-19-18(21)16(3)5-2/h16H,4-15H2,1-3H3,(H,19,21). The third-order valence-electron chi connectivity index (χ3n) is 3.93. The number of amides is 1. The summed E-state index contributed by atoms with van der Waals surface area (Å²) in [6.07, 6.45) is 9.94. The lowest BCUT2D eigenvalue weighted by molar-refractivity contribution is -0.144. The second kappa shape index (κ2) is 14.9. The van der Waals surface area contributed by atoms with Crippen LogP contribution < -0.4 is 5.32 Å². The lowest BCUT2D eigenvalue weighted by Gasteiger charge is -2.09. The molecular weight excluding hydrogens is 278 g/mol. The zero-order valence-electron chi connectivity index (χ0n) is 14.8. The quantitative estimate of drug-likeness (QED) is 0.386. The number of hydrogen-bond donors (Lipinski definition) is 1. The maximum Gasteiger partial charge on any atom is 0.305 e. The molecule has 0 aromatic rings. The van der Waals surface area contributed by atoms with E-state index in [2.05, 4.69) is 12.2 Å². The molecular formula is C18H35NO3. The molecule has 0 aliphatic rings. The third-order valence-corrected chi connectivity index (χ3v) is 3.93. The number of unbranched alkanes of at least 4 members (excludes halogenated alkanes) is 6. The molecule has 0 bridgehead atoms. The molecule has 4 heteroatoms. The predicted molar refractivity (Wildman–Crippen MR) is 90.7 cm³/mol. The highest BCUT2D eigenvalue weighted by atomic mass is 16.5. The molecule has 1 atom stereocenters. The van der Waals surface area contributed by atoms with Gasteiger partial charge < -0.3 is 10.1 Å². The maximum atomic E-state index is 11.5. The first kappa shape index (κ1) is 20.9. The van der Waals surface area contributed by atoms with E-state index in [1.165, 1.54) is 19.3 Å². The van der Waals surface area contributed by atoms with Gasteiger partial charge in [-0.3, -0.25) is 9.59 Å². The predicted octanol–water partition coefficient (Wildman–Crippen LogP) is 4.22. The van der Waals surface area contributed by atoms with Gasteiger partial charge in [-0.15, -0.1) is 0 Å². The van der Waals surface area contributed by atoms with Crippen LogP contribution in [-0.4, -0.2) is 25.0 Å². The summed E-state index contributed by atoms with van der Waals surface area (Å²) >= 11 is 0. The molecule has 130 valence electrons. The first-order valence-electron chi connectivity index (χ1n) is 9.05. The fourth-order valence-electron chi connectivity index (χ4n) is 2.11. The summed E-state index contributed by atoms with van der Waals surface area (Å²) in [4.78, 5) is 23.1. The zero-order valence-corrected chi connectivity index (χ0v) is 14.8. The van der Waals surface area contributed by atoms with Crippen molar-refractivity contribution in [3.63, 3.8) is 0 Å². The van der Waals surface area contributed by atoms with Crippen molar-refractivity contribution in [2.24, 2.45) is 5.92 Å². The van der Waals surface area contributed by atoms with Gasteiger partial charge in [0, 0.05) is 18.9 Å². The van der Waals surface area contributed by atoms with Gasteiger partial charge in [-0.25, -0.2) is 0 Å². The zero-order chi connectivity index (χ0) is 16.6. The Morgan fingerprint density at radius 1 is 0.955 bits per heavy atom. The molecule has 0 aliphatic heterocycles. The molecule has 0 aromatic heterocycles. The number of esters is 1. The van der Waals surface area contributed by atoms with Crippen molar-refractivity contribution < 1.29 is 14.3 Å². The number of rotatable bonds is 14. The Morgan fingerprint density at radius 2 is 1.64 bits per heavy atom. The van der Waals surface area contributed by atoms with E-state index in [4.69, 9.17) is 4.74 Å². The van der Waals surface area contributed by atoms with Gasteiger partial charge in [0.15, 0.2) is 0 Å². The number of carbonyl (C=O) groups excluding carboxylic acids is 2. The van der Waals surface area contributed by atoms with Crippen LogP contribution in [0.25, 0.3) is 0 Å². The molecule has 1 N–H and O–H groups in total. The van der Waals surface area contributed by atoms with E-state index in [0.717, 1.165) is 38.5 Å². The van der Waals surface area contributed by atoms with Crippen molar-refractivity contribution in [1.82, 2.24) is 5.32 Å². The van der Waals surface area contributed by atoms with Crippen LogP contribution in [0.3, 0.4) is 0 Å². The van der Waals surface area contributed by atoms with Gasteiger partial charge >= 0.3 is 5.97 Å². The minimum Gasteiger partial charge on any atom is -0.466 e. The molecule has 4 nitrogen and oxygen atoms in total. The number of hydrogen-bond acceptors (Lipinski definition) is 3. The van der Waals surface area contributed by atoms with Gasteiger partial charge in [-0.05, 0) is 25.7 Å². The molecule has 0 aliphatic carbocycles. The highest BCUT2D eigenvalue weighted by molar-refractivity contribution is 5.78. The molecule has 1 unspecified atom stereocenters. The Hall–Kier alpha value is -1.06. The largest absolute Gasteiger partial charge is 0.466 e. The summed E-state index contributed by atoms with van der Waals surface area (Å²) in [7, 11) is 0. The van der Waals surface area contributed by atoms with Crippen LogP contribution in [0.5, 0.6) is 0 Å². The highest BCUT2D eigenvalue weighted by Crippen LogP contribution is 2.05. The SMILES string of the molecule is CCCCCCCOC(=O)CCCCCNC(=O)C(C)CC. The van der Waals surface area contributed by atoms with Crippen LogP contribution in [0.1, 0.15) is 85.0 Å². The summed E-state index contributed by atoms with van der Waals surface area (Å²) in [5, 5.41) is 2.92. The van der Waals surface area contributed by atoms with E-state index >= 15 is 0 Å². The second-order valence-corrected chi connectivity index (χ2v) is 6.05. The molecule has 0 fully saturated rings. The molecule has 0 heterocycles. The van der Waals surface area contributed by atoms with Gasteiger partial charge in [0.25, 0.3) is 0 Å². The Kier molecular flexibility index (Phi) is 14.1. The first-order valence-corrected chi connectivity index (χ1v) is 9.05. The molecule has 0 spiro atoms. The van der Waals surface area contributed by atoms with Crippen LogP contribution in [0.15, 0.2) is 0 Å². The van der Waals surface area contributed by atoms with Gasteiger partial charge in [0.1, 0.15) is 0 Å². The van der Waals surface area contributed by atoms with E-state index in [-0.39, 0.29) is 17.8 Å². The monoisotopic (exact) mass is 313 g/mol. The van der Waals surface area contributed by atoms with E-state index in [1.807, 2.05) is 13.8 Å². The van der Waals surface area contributed by atoms with E-state index in [9.17, 15) is 9.59 Å².